The highest BCUT2D eigenvalue weighted by atomic mass is 19.1. The van der Waals surface area contributed by atoms with E-state index in [1.54, 1.807) is 18.3 Å². The normalized spacial score (nSPS) is 10.7. The number of hydrogen-bond acceptors (Lipinski definition) is 2. The summed E-state index contributed by atoms with van der Waals surface area (Å²) in [6.07, 6.45) is 3.54. The molecule has 1 aromatic heterocycles. The van der Waals surface area contributed by atoms with Crippen LogP contribution in [0.4, 0.5) is 10.1 Å². The second kappa shape index (κ2) is 5.17. The van der Waals surface area contributed by atoms with Crippen molar-refractivity contribution in [3.05, 3.63) is 72.3 Å². The van der Waals surface area contributed by atoms with E-state index in [0.717, 1.165) is 11.4 Å². The minimum Gasteiger partial charge on any atom is -0.398 e. The molecule has 0 saturated carbocycles. The van der Waals surface area contributed by atoms with Crippen molar-refractivity contribution < 1.29 is 4.39 Å². The van der Waals surface area contributed by atoms with Crippen LogP contribution >= 0.6 is 0 Å². The highest BCUT2D eigenvalue weighted by Gasteiger charge is 2.10. The Kier molecular flexibility index (Phi) is 3.21. The molecule has 0 aliphatic heterocycles. The van der Waals surface area contributed by atoms with Crippen LogP contribution in [0.1, 0.15) is 5.56 Å². The van der Waals surface area contributed by atoms with Crippen LogP contribution < -0.4 is 5.73 Å². The van der Waals surface area contributed by atoms with Gasteiger partial charge in [-0.3, -0.25) is 0 Å². The molecule has 0 amide bonds. The Morgan fingerprint density at radius 1 is 1.05 bits per heavy atom. The molecule has 2 N–H and O–H groups in total. The van der Waals surface area contributed by atoms with Gasteiger partial charge in [-0.25, -0.2) is 9.37 Å². The molecular weight excluding hydrogens is 253 g/mol. The Bertz CT molecular complexity index is 699. The summed E-state index contributed by atoms with van der Waals surface area (Å²) in [5.41, 5.74) is 7.79. The lowest BCUT2D eigenvalue weighted by Gasteiger charge is -2.11. The third-order valence-corrected chi connectivity index (χ3v) is 3.23. The van der Waals surface area contributed by atoms with Crippen LogP contribution in [0.25, 0.3) is 11.4 Å². The van der Waals surface area contributed by atoms with Gasteiger partial charge < -0.3 is 10.3 Å². The van der Waals surface area contributed by atoms with Gasteiger partial charge in [-0.2, -0.15) is 0 Å². The van der Waals surface area contributed by atoms with Crippen LogP contribution in [0.2, 0.25) is 0 Å². The second-order valence-corrected chi connectivity index (χ2v) is 4.55. The van der Waals surface area contributed by atoms with E-state index in [4.69, 9.17) is 5.73 Å². The minimum absolute atomic E-state index is 0.294. The number of benzene rings is 2. The summed E-state index contributed by atoms with van der Waals surface area (Å²) in [4.78, 5) is 4.34. The van der Waals surface area contributed by atoms with Gasteiger partial charge in [0.05, 0.1) is 6.54 Å². The molecule has 3 aromatic rings. The Morgan fingerprint density at radius 2 is 1.85 bits per heavy atom. The highest BCUT2D eigenvalue weighted by molar-refractivity contribution is 5.56. The number of aromatic nitrogens is 2. The van der Waals surface area contributed by atoms with Gasteiger partial charge in [0.25, 0.3) is 0 Å². The van der Waals surface area contributed by atoms with Crippen LogP contribution in [0, 0.1) is 5.82 Å². The van der Waals surface area contributed by atoms with Gasteiger partial charge in [0.15, 0.2) is 0 Å². The molecule has 0 fully saturated rings. The van der Waals surface area contributed by atoms with Crippen molar-refractivity contribution in [3.63, 3.8) is 0 Å². The Hall–Kier alpha value is -2.62. The van der Waals surface area contributed by atoms with Crippen molar-refractivity contribution in [3.8, 4) is 11.4 Å². The molecule has 100 valence electrons. The molecule has 0 spiro atoms. The molecule has 20 heavy (non-hydrogen) atoms. The number of imidazole rings is 1. The Balaban J connectivity index is 1.99. The summed E-state index contributed by atoms with van der Waals surface area (Å²) in [5.74, 6) is 0.506. The van der Waals surface area contributed by atoms with Crippen molar-refractivity contribution in [1.29, 1.82) is 0 Å². The van der Waals surface area contributed by atoms with E-state index in [-0.39, 0.29) is 5.82 Å². The highest BCUT2D eigenvalue weighted by Crippen LogP contribution is 2.21. The smallest absolute Gasteiger partial charge is 0.140 e. The van der Waals surface area contributed by atoms with Crippen molar-refractivity contribution >= 4 is 5.69 Å². The summed E-state index contributed by atoms with van der Waals surface area (Å²) in [6, 6.07) is 14.5. The maximum Gasteiger partial charge on any atom is 0.140 e. The van der Waals surface area contributed by atoms with Crippen LogP contribution in [0.5, 0.6) is 0 Å². The summed E-state index contributed by atoms with van der Waals surface area (Å²) in [5, 5.41) is 0. The predicted octanol–water partition coefficient (Wildman–Crippen LogP) is 3.32. The number of nitrogens with two attached hydrogens (primary N) is 1. The number of anilines is 1. The third-order valence-electron chi connectivity index (χ3n) is 3.23. The summed E-state index contributed by atoms with van der Waals surface area (Å²) >= 11 is 0. The second-order valence-electron chi connectivity index (χ2n) is 4.55. The molecule has 0 bridgehead atoms. The van der Waals surface area contributed by atoms with E-state index in [2.05, 4.69) is 4.98 Å². The fourth-order valence-corrected chi connectivity index (χ4v) is 2.20. The van der Waals surface area contributed by atoms with Gasteiger partial charge in [-0.15, -0.1) is 0 Å². The maximum absolute atomic E-state index is 13.9. The summed E-state index contributed by atoms with van der Waals surface area (Å²) < 4.78 is 15.8. The lowest BCUT2D eigenvalue weighted by Crippen LogP contribution is -2.06. The largest absolute Gasteiger partial charge is 0.398 e. The van der Waals surface area contributed by atoms with E-state index >= 15 is 0 Å². The molecule has 0 saturated heterocycles. The lowest BCUT2D eigenvalue weighted by atomic mass is 10.1. The molecule has 0 radical (unpaired) electrons. The average Bonchev–Trinajstić information content (AvgIpc) is 2.92. The molecule has 4 heteroatoms. The summed E-state index contributed by atoms with van der Waals surface area (Å²) in [6.45, 7) is 0.364. The standard InChI is InChI=1S/C16H14FN3/c17-14-7-4-8-15(18)13(14)11-20-10-9-19-16(20)12-5-2-1-3-6-12/h1-10H,11,18H2. The first-order valence-corrected chi connectivity index (χ1v) is 6.35. The number of rotatable bonds is 3. The molecule has 0 unspecified atom stereocenters. The van der Waals surface area contributed by atoms with Gasteiger partial charge in [0, 0.05) is 29.2 Å². The fourth-order valence-electron chi connectivity index (χ4n) is 2.20. The number of hydrogen-bond donors (Lipinski definition) is 1. The molecule has 3 rings (SSSR count). The SMILES string of the molecule is Nc1cccc(F)c1Cn1ccnc1-c1ccccc1. The quantitative estimate of drug-likeness (QED) is 0.740. The van der Waals surface area contributed by atoms with E-state index in [1.165, 1.54) is 6.07 Å². The van der Waals surface area contributed by atoms with Gasteiger partial charge in [-0.1, -0.05) is 36.4 Å². The first kappa shape index (κ1) is 12.4. The summed E-state index contributed by atoms with van der Waals surface area (Å²) in [7, 11) is 0. The fraction of sp³-hybridized carbons (Fsp3) is 0.0625. The van der Waals surface area contributed by atoms with Gasteiger partial charge >= 0.3 is 0 Å². The van der Waals surface area contributed by atoms with Gasteiger partial charge in [-0.05, 0) is 12.1 Å². The zero-order chi connectivity index (χ0) is 13.9. The number of nitrogen functional groups attached to an aromatic ring is 1. The van der Waals surface area contributed by atoms with Crippen molar-refractivity contribution in [2.45, 2.75) is 6.54 Å². The minimum atomic E-state index is -0.294. The van der Waals surface area contributed by atoms with Gasteiger partial charge in [0.2, 0.25) is 0 Å². The maximum atomic E-state index is 13.9. The van der Waals surface area contributed by atoms with Crippen LogP contribution in [-0.4, -0.2) is 9.55 Å². The van der Waals surface area contributed by atoms with Crippen LogP contribution in [0.3, 0.4) is 0 Å². The molecule has 1 heterocycles. The van der Waals surface area contributed by atoms with Crippen molar-refractivity contribution in [2.24, 2.45) is 0 Å². The average molecular weight is 267 g/mol. The van der Waals surface area contributed by atoms with E-state index < -0.39 is 0 Å². The van der Waals surface area contributed by atoms with Gasteiger partial charge in [0.1, 0.15) is 11.6 Å². The topological polar surface area (TPSA) is 43.8 Å². The number of nitrogens with zero attached hydrogens (tertiary/aromatic N) is 2. The van der Waals surface area contributed by atoms with Crippen molar-refractivity contribution in [2.75, 3.05) is 5.73 Å². The molecular formula is C16H14FN3. The monoisotopic (exact) mass is 267 g/mol. The zero-order valence-corrected chi connectivity index (χ0v) is 10.8. The van der Waals surface area contributed by atoms with E-state index in [1.807, 2.05) is 41.1 Å². The van der Waals surface area contributed by atoms with E-state index in [0.29, 0.717) is 17.8 Å². The molecule has 2 aromatic carbocycles. The number of halogens is 1. The van der Waals surface area contributed by atoms with Crippen molar-refractivity contribution in [1.82, 2.24) is 9.55 Å². The first-order chi connectivity index (χ1) is 9.75. The van der Waals surface area contributed by atoms with Crippen LogP contribution in [0.15, 0.2) is 60.9 Å². The molecule has 0 aliphatic carbocycles. The van der Waals surface area contributed by atoms with Crippen LogP contribution in [-0.2, 0) is 6.54 Å². The Labute approximate surface area is 116 Å². The zero-order valence-electron chi connectivity index (χ0n) is 10.8. The predicted molar refractivity (Wildman–Crippen MR) is 77.6 cm³/mol. The molecule has 3 nitrogen and oxygen atoms in total. The molecule has 0 aliphatic rings. The Morgan fingerprint density at radius 3 is 2.60 bits per heavy atom. The first-order valence-electron chi connectivity index (χ1n) is 6.35. The third kappa shape index (κ3) is 2.28. The lowest BCUT2D eigenvalue weighted by molar-refractivity contribution is 0.601. The van der Waals surface area contributed by atoms with E-state index in [9.17, 15) is 4.39 Å². The molecule has 0 atom stereocenters.